The fourth-order valence-corrected chi connectivity index (χ4v) is 4.13. The highest BCUT2D eigenvalue weighted by atomic mass is 16.5. The van der Waals surface area contributed by atoms with Gasteiger partial charge in [0.25, 0.3) is 0 Å². The topological polar surface area (TPSA) is 110 Å². The number of aryl methyl sites for hydroxylation is 1. The number of imidazole rings is 1. The molecule has 30 heavy (non-hydrogen) atoms. The van der Waals surface area contributed by atoms with Crippen molar-refractivity contribution in [3.8, 4) is 17.3 Å². The number of likely N-dealkylation sites (tertiary alicyclic amines) is 1. The third-order valence-corrected chi connectivity index (χ3v) is 5.75. The van der Waals surface area contributed by atoms with Gasteiger partial charge < -0.3 is 24.2 Å². The summed E-state index contributed by atoms with van der Waals surface area (Å²) in [5, 5.41) is 9.14. The second-order valence-corrected chi connectivity index (χ2v) is 7.70. The molecule has 0 bridgehead atoms. The Hall–Kier alpha value is -3.43. The first-order chi connectivity index (χ1) is 14.6. The molecule has 0 saturated carbocycles. The number of amides is 1. The lowest BCUT2D eigenvalue weighted by molar-refractivity contribution is 0.145. The highest BCUT2D eigenvalue weighted by Gasteiger charge is 2.29. The molecule has 2 aliphatic rings. The molecule has 0 radical (unpaired) electrons. The van der Waals surface area contributed by atoms with Crippen molar-refractivity contribution < 1.29 is 14.6 Å². The molecule has 1 N–H and O–H groups in total. The molecule has 0 aromatic carbocycles. The summed E-state index contributed by atoms with van der Waals surface area (Å²) in [7, 11) is 1.90. The summed E-state index contributed by atoms with van der Waals surface area (Å²) < 4.78 is 7.90. The second kappa shape index (κ2) is 7.43. The number of fused-ring (bicyclic) bond motifs is 1. The molecular formula is C20H23N7O3. The van der Waals surface area contributed by atoms with Crippen molar-refractivity contribution >= 4 is 23.1 Å². The first-order valence-corrected chi connectivity index (χ1v) is 10.1. The zero-order valence-electron chi connectivity index (χ0n) is 16.7. The third-order valence-electron chi connectivity index (χ3n) is 5.75. The molecule has 2 fully saturated rings. The minimum Gasteiger partial charge on any atom is -0.471 e. The van der Waals surface area contributed by atoms with Crippen LogP contribution in [0.25, 0.3) is 22.6 Å². The smallest absolute Gasteiger partial charge is 0.407 e. The van der Waals surface area contributed by atoms with Crippen molar-refractivity contribution in [1.29, 1.82) is 0 Å². The average molecular weight is 409 g/mol. The SMILES string of the molecule is Cn1c(-c2ccc(N3CCCC3)nc2)nc2c(OC3CCN(C(=O)O)C3)ncnc21. The van der Waals surface area contributed by atoms with Gasteiger partial charge in [-0.05, 0) is 25.0 Å². The van der Waals surface area contributed by atoms with Crippen LogP contribution in [0.3, 0.4) is 0 Å². The van der Waals surface area contributed by atoms with Gasteiger partial charge in [0.05, 0.1) is 6.54 Å². The molecule has 3 aromatic heterocycles. The Kier molecular flexibility index (Phi) is 4.61. The average Bonchev–Trinajstić information content (AvgIpc) is 3.50. The molecule has 0 spiro atoms. The van der Waals surface area contributed by atoms with Gasteiger partial charge >= 0.3 is 6.09 Å². The maximum Gasteiger partial charge on any atom is 0.407 e. The van der Waals surface area contributed by atoms with Gasteiger partial charge in [0.1, 0.15) is 24.1 Å². The minimum atomic E-state index is -0.932. The van der Waals surface area contributed by atoms with Gasteiger partial charge in [-0.1, -0.05) is 0 Å². The Morgan fingerprint density at radius 1 is 1.17 bits per heavy atom. The maximum absolute atomic E-state index is 11.1. The number of aromatic nitrogens is 5. The molecule has 1 amide bonds. The summed E-state index contributed by atoms with van der Waals surface area (Å²) in [6.07, 6.45) is 5.15. The second-order valence-electron chi connectivity index (χ2n) is 7.70. The predicted molar refractivity (Wildman–Crippen MR) is 110 cm³/mol. The molecule has 3 aromatic rings. The van der Waals surface area contributed by atoms with Gasteiger partial charge in [-0.3, -0.25) is 0 Å². The highest BCUT2D eigenvalue weighted by Crippen LogP contribution is 2.29. The van der Waals surface area contributed by atoms with E-state index in [1.807, 2.05) is 29.9 Å². The molecule has 156 valence electrons. The van der Waals surface area contributed by atoms with Gasteiger partial charge in [-0.25, -0.2) is 19.7 Å². The van der Waals surface area contributed by atoms with E-state index in [4.69, 9.17) is 14.8 Å². The fourth-order valence-electron chi connectivity index (χ4n) is 4.13. The maximum atomic E-state index is 11.1. The van der Waals surface area contributed by atoms with Crippen molar-refractivity contribution in [2.24, 2.45) is 7.05 Å². The van der Waals surface area contributed by atoms with E-state index in [1.54, 1.807) is 0 Å². The zero-order valence-corrected chi connectivity index (χ0v) is 16.7. The summed E-state index contributed by atoms with van der Waals surface area (Å²) in [6, 6.07) is 4.06. The molecule has 2 aliphatic heterocycles. The Labute approximate surface area is 173 Å². The third kappa shape index (κ3) is 3.27. The van der Waals surface area contributed by atoms with Crippen LogP contribution in [0.2, 0.25) is 0 Å². The summed E-state index contributed by atoms with van der Waals surface area (Å²) >= 11 is 0. The molecule has 1 unspecified atom stereocenters. The van der Waals surface area contributed by atoms with E-state index in [1.165, 1.54) is 24.1 Å². The lowest BCUT2D eigenvalue weighted by atomic mass is 10.2. The van der Waals surface area contributed by atoms with E-state index in [0.717, 1.165) is 30.3 Å². The summed E-state index contributed by atoms with van der Waals surface area (Å²) in [5.41, 5.74) is 2.11. The van der Waals surface area contributed by atoms with Crippen molar-refractivity contribution in [3.05, 3.63) is 24.7 Å². The number of carboxylic acid groups (broad SMARTS) is 1. The number of rotatable bonds is 4. The zero-order chi connectivity index (χ0) is 20.7. The summed E-state index contributed by atoms with van der Waals surface area (Å²) in [5.74, 6) is 2.10. The van der Waals surface area contributed by atoms with Gasteiger partial charge in [-0.2, -0.15) is 4.98 Å². The molecule has 10 nitrogen and oxygen atoms in total. The standard InChI is InChI=1S/C20H23N7O3/c1-25-17(13-4-5-15(21-10-13)26-7-2-3-8-26)24-16-18(25)22-12-23-19(16)30-14-6-9-27(11-14)20(28)29/h4-5,10,12,14H,2-3,6-9,11H2,1H3,(H,28,29). The van der Waals surface area contributed by atoms with E-state index < -0.39 is 6.09 Å². The number of hydrogen-bond acceptors (Lipinski definition) is 7. The van der Waals surface area contributed by atoms with Crippen LogP contribution in [0.1, 0.15) is 19.3 Å². The Bertz CT molecular complexity index is 1080. The first-order valence-electron chi connectivity index (χ1n) is 10.1. The number of pyridine rings is 1. The van der Waals surface area contributed by atoms with Crippen LogP contribution >= 0.6 is 0 Å². The molecule has 1 atom stereocenters. The summed E-state index contributed by atoms with van der Waals surface area (Å²) in [4.78, 5) is 32.8. The Balaban J connectivity index is 1.42. The van der Waals surface area contributed by atoms with E-state index >= 15 is 0 Å². The molecule has 2 saturated heterocycles. The van der Waals surface area contributed by atoms with Crippen molar-refractivity contribution in [1.82, 2.24) is 29.4 Å². The van der Waals surface area contributed by atoms with E-state index in [2.05, 4.69) is 19.9 Å². The van der Waals surface area contributed by atoms with Crippen LogP contribution in [0, 0.1) is 0 Å². The first kappa shape index (κ1) is 18.6. The summed E-state index contributed by atoms with van der Waals surface area (Å²) in [6.45, 7) is 2.88. The highest BCUT2D eigenvalue weighted by molar-refractivity contribution is 5.81. The number of ether oxygens (including phenoxy) is 1. The number of hydrogen-bond donors (Lipinski definition) is 1. The van der Waals surface area contributed by atoms with E-state index in [0.29, 0.717) is 36.6 Å². The minimum absolute atomic E-state index is 0.244. The number of carbonyl (C=O) groups is 1. The van der Waals surface area contributed by atoms with Gasteiger partial charge in [0, 0.05) is 44.9 Å². The van der Waals surface area contributed by atoms with Crippen molar-refractivity contribution in [2.45, 2.75) is 25.4 Å². The Morgan fingerprint density at radius 2 is 2.00 bits per heavy atom. The number of nitrogens with zero attached hydrogens (tertiary/aromatic N) is 7. The monoisotopic (exact) mass is 409 g/mol. The van der Waals surface area contributed by atoms with Crippen LogP contribution < -0.4 is 9.64 Å². The molecule has 5 heterocycles. The van der Waals surface area contributed by atoms with Crippen LogP contribution in [-0.4, -0.2) is 72.9 Å². The normalized spacial score (nSPS) is 19.0. The van der Waals surface area contributed by atoms with Crippen LogP contribution in [0.15, 0.2) is 24.7 Å². The molecule has 5 rings (SSSR count). The van der Waals surface area contributed by atoms with Crippen molar-refractivity contribution in [2.75, 3.05) is 31.1 Å². The fraction of sp³-hybridized carbons (Fsp3) is 0.450. The Morgan fingerprint density at radius 3 is 2.70 bits per heavy atom. The quantitative estimate of drug-likeness (QED) is 0.698. The largest absolute Gasteiger partial charge is 0.471 e. The van der Waals surface area contributed by atoms with E-state index in [-0.39, 0.29) is 6.10 Å². The number of anilines is 1. The molecule has 0 aliphatic carbocycles. The van der Waals surface area contributed by atoms with Crippen LogP contribution in [0.4, 0.5) is 10.6 Å². The van der Waals surface area contributed by atoms with E-state index in [9.17, 15) is 4.79 Å². The predicted octanol–water partition coefficient (Wildman–Crippen LogP) is 2.16. The molecular weight excluding hydrogens is 386 g/mol. The van der Waals surface area contributed by atoms with Gasteiger partial charge in [0.2, 0.25) is 5.88 Å². The van der Waals surface area contributed by atoms with Gasteiger partial charge in [0.15, 0.2) is 11.2 Å². The van der Waals surface area contributed by atoms with Crippen LogP contribution in [0.5, 0.6) is 5.88 Å². The lowest BCUT2D eigenvalue weighted by Gasteiger charge is -2.16. The van der Waals surface area contributed by atoms with Gasteiger partial charge in [-0.15, -0.1) is 0 Å². The molecule has 10 heteroatoms. The van der Waals surface area contributed by atoms with Crippen LogP contribution in [-0.2, 0) is 7.05 Å². The lowest BCUT2D eigenvalue weighted by Crippen LogP contribution is -2.29. The van der Waals surface area contributed by atoms with Crippen molar-refractivity contribution in [3.63, 3.8) is 0 Å².